The van der Waals surface area contributed by atoms with Crippen molar-refractivity contribution in [2.45, 2.75) is 37.8 Å². The van der Waals surface area contributed by atoms with Gasteiger partial charge in [-0.15, -0.1) is 0 Å². The maximum atomic E-state index is 5.70. The number of nitrogens with one attached hydrogen (secondary N) is 2. The largest absolute Gasteiger partial charge is 0.468 e. The fraction of sp³-hybridized carbons (Fsp3) is 0.750. The van der Waals surface area contributed by atoms with Crippen molar-refractivity contribution in [3.05, 3.63) is 24.2 Å². The van der Waals surface area contributed by atoms with Gasteiger partial charge in [0.2, 0.25) is 0 Å². The molecule has 27 heavy (non-hydrogen) atoms. The molecule has 1 aromatic rings. The molecule has 1 aliphatic carbocycles. The minimum Gasteiger partial charge on any atom is -0.468 e. The van der Waals surface area contributed by atoms with E-state index in [-0.39, 0.29) is 6.04 Å². The normalized spacial score (nSPS) is 19.6. The summed E-state index contributed by atoms with van der Waals surface area (Å²) in [5.41, 5.74) is 0. The Morgan fingerprint density at radius 2 is 2.15 bits per heavy atom. The van der Waals surface area contributed by atoms with Gasteiger partial charge in [0, 0.05) is 46.4 Å². The van der Waals surface area contributed by atoms with Gasteiger partial charge < -0.3 is 19.8 Å². The van der Waals surface area contributed by atoms with Crippen molar-refractivity contribution >= 4 is 5.96 Å². The highest BCUT2D eigenvalue weighted by molar-refractivity contribution is 5.79. The van der Waals surface area contributed by atoms with Crippen LogP contribution in [0.15, 0.2) is 27.8 Å². The minimum atomic E-state index is 0.255. The fourth-order valence-corrected chi connectivity index (χ4v) is 3.80. The second kappa shape index (κ2) is 10.7. The van der Waals surface area contributed by atoms with Crippen molar-refractivity contribution in [2.75, 3.05) is 60.0 Å². The van der Waals surface area contributed by atoms with E-state index >= 15 is 0 Å². The number of ether oxygens (including phenoxy) is 1. The summed E-state index contributed by atoms with van der Waals surface area (Å²) in [5, 5.41) is 6.95. The lowest BCUT2D eigenvalue weighted by atomic mass is 10.2. The van der Waals surface area contributed by atoms with E-state index in [0.717, 1.165) is 63.6 Å². The molecule has 7 nitrogen and oxygen atoms in total. The molecule has 0 amide bonds. The van der Waals surface area contributed by atoms with Crippen LogP contribution < -0.4 is 10.6 Å². The molecule has 0 spiro atoms. The Labute approximate surface area is 163 Å². The fourth-order valence-electron chi connectivity index (χ4n) is 3.80. The summed E-state index contributed by atoms with van der Waals surface area (Å²) in [6, 6.07) is 5.04. The second-order valence-corrected chi connectivity index (χ2v) is 7.41. The van der Waals surface area contributed by atoms with E-state index in [4.69, 9.17) is 9.15 Å². The summed E-state index contributed by atoms with van der Waals surface area (Å²) in [4.78, 5) is 9.40. The van der Waals surface area contributed by atoms with E-state index in [1.165, 1.54) is 25.7 Å². The molecular weight excluding hydrogens is 342 g/mol. The van der Waals surface area contributed by atoms with Crippen molar-refractivity contribution < 1.29 is 9.15 Å². The molecule has 1 atom stereocenters. The lowest BCUT2D eigenvalue weighted by Crippen LogP contribution is -2.45. The van der Waals surface area contributed by atoms with E-state index in [9.17, 15) is 0 Å². The molecular formula is C20H35N5O2. The Morgan fingerprint density at radius 1 is 1.33 bits per heavy atom. The Morgan fingerprint density at radius 3 is 2.78 bits per heavy atom. The molecule has 1 aromatic heterocycles. The molecule has 1 saturated heterocycles. The van der Waals surface area contributed by atoms with Crippen LogP contribution in [-0.4, -0.2) is 81.8 Å². The van der Waals surface area contributed by atoms with Gasteiger partial charge in [-0.2, -0.15) is 0 Å². The van der Waals surface area contributed by atoms with Crippen molar-refractivity contribution in [1.29, 1.82) is 0 Å². The van der Waals surface area contributed by atoms with Crippen LogP contribution in [0.25, 0.3) is 0 Å². The average molecular weight is 378 g/mol. The molecule has 1 saturated carbocycles. The van der Waals surface area contributed by atoms with Crippen LogP contribution in [0.4, 0.5) is 0 Å². The Hall–Kier alpha value is -1.57. The quantitative estimate of drug-likeness (QED) is 0.452. The van der Waals surface area contributed by atoms with Crippen LogP contribution in [0.5, 0.6) is 0 Å². The molecule has 152 valence electrons. The van der Waals surface area contributed by atoms with Gasteiger partial charge in [-0.05, 0) is 50.9 Å². The molecule has 2 heterocycles. The van der Waals surface area contributed by atoms with Crippen LogP contribution >= 0.6 is 0 Å². The number of rotatable bonds is 11. The third-order valence-corrected chi connectivity index (χ3v) is 5.48. The second-order valence-electron chi connectivity index (χ2n) is 7.41. The molecule has 1 unspecified atom stereocenters. The zero-order chi connectivity index (χ0) is 18.9. The molecule has 0 bridgehead atoms. The highest BCUT2D eigenvalue weighted by Gasteiger charge is 2.28. The number of methoxy groups -OCH3 is 1. The minimum absolute atomic E-state index is 0.255. The first kappa shape index (κ1) is 20.2. The first-order chi connectivity index (χ1) is 13.3. The highest BCUT2D eigenvalue weighted by Crippen LogP contribution is 2.26. The average Bonchev–Trinajstić information content (AvgIpc) is 3.15. The predicted molar refractivity (Wildman–Crippen MR) is 108 cm³/mol. The first-order valence-electron chi connectivity index (χ1n) is 10.3. The van der Waals surface area contributed by atoms with Crippen molar-refractivity contribution in [2.24, 2.45) is 4.99 Å². The van der Waals surface area contributed by atoms with E-state index < -0.39 is 0 Å². The van der Waals surface area contributed by atoms with Gasteiger partial charge in [-0.25, -0.2) is 0 Å². The molecule has 3 rings (SSSR count). The van der Waals surface area contributed by atoms with E-state index in [1.807, 2.05) is 13.1 Å². The lowest BCUT2D eigenvalue weighted by Gasteiger charge is -2.27. The molecule has 1 aliphatic heterocycles. The summed E-state index contributed by atoms with van der Waals surface area (Å²) >= 11 is 0. The molecule has 2 N–H and O–H groups in total. The zero-order valence-corrected chi connectivity index (χ0v) is 16.8. The molecule has 0 radical (unpaired) electrons. The number of hydrogen-bond donors (Lipinski definition) is 2. The Bertz CT molecular complexity index is 553. The number of furan rings is 1. The molecule has 7 heteroatoms. The number of hydrogen-bond acceptors (Lipinski definition) is 5. The van der Waals surface area contributed by atoms with Gasteiger partial charge in [0.05, 0.1) is 18.9 Å². The number of guanidine groups is 1. The number of likely N-dealkylation sites (tertiary alicyclic amines) is 1. The van der Waals surface area contributed by atoms with Crippen molar-refractivity contribution in [3.8, 4) is 0 Å². The smallest absolute Gasteiger partial charge is 0.191 e. The third-order valence-electron chi connectivity index (χ3n) is 5.48. The van der Waals surface area contributed by atoms with Crippen LogP contribution in [0.3, 0.4) is 0 Å². The van der Waals surface area contributed by atoms with Crippen LogP contribution in [-0.2, 0) is 4.74 Å². The van der Waals surface area contributed by atoms with Gasteiger partial charge in [-0.1, -0.05) is 0 Å². The van der Waals surface area contributed by atoms with Gasteiger partial charge in [0.25, 0.3) is 0 Å². The molecule has 2 aliphatic rings. The maximum absolute atomic E-state index is 5.70. The standard InChI is InChI=1S/C20H35N5O2/c1-21-20(22-9-12-24(13-15-26-2)17-7-8-17)23-16-18(19-6-5-14-27-19)25-10-3-4-11-25/h5-6,14,17-18H,3-4,7-13,15-16H2,1-2H3,(H2,21,22,23). The summed E-state index contributed by atoms with van der Waals surface area (Å²) in [6.07, 6.45) is 6.93. The molecule has 0 aromatic carbocycles. The summed E-state index contributed by atoms with van der Waals surface area (Å²) in [6.45, 7) is 6.76. The number of nitrogens with zero attached hydrogens (tertiary/aromatic N) is 3. The van der Waals surface area contributed by atoms with E-state index in [0.29, 0.717) is 0 Å². The summed E-state index contributed by atoms with van der Waals surface area (Å²) < 4.78 is 10.9. The Balaban J connectivity index is 1.44. The van der Waals surface area contributed by atoms with Gasteiger partial charge >= 0.3 is 0 Å². The summed E-state index contributed by atoms with van der Waals surface area (Å²) in [7, 11) is 3.60. The SMILES string of the molecule is CN=C(NCCN(CCOC)C1CC1)NCC(c1ccco1)N1CCCC1. The van der Waals surface area contributed by atoms with Crippen molar-refractivity contribution in [3.63, 3.8) is 0 Å². The lowest BCUT2D eigenvalue weighted by molar-refractivity contribution is 0.144. The van der Waals surface area contributed by atoms with Gasteiger partial charge in [-0.3, -0.25) is 14.8 Å². The number of aliphatic imine (C=N–C) groups is 1. The van der Waals surface area contributed by atoms with E-state index in [2.05, 4.69) is 31.5 Å². The highest BCUT2D eigenvalue weighted by atomic mass is 16.5. The monoisotopic (exact) mass is 377 g/mol. The Kier molecular flexibility index (Phi) is 7.98. The van der Waals surface area contributed by atoms with E-state index in [1.54, 1.807) is 13.4 Å². The van der Waals surface area contributed by atoms with Crippen LogP contribution in [0, 0.1) is 0 Å². The van der Waals surface area contributed by atoms with Crippen LogP contribution in [0.1, 0.15) is 37.5 Å². The third kappa shape index (κ3) is 6.23. The topological polar surface area (TPSA) is 65.3 Å². The zero-order valence-electron chi connectivity index (χ0n) is 16.8. The van der Waals surface area contributed by atoms with Gasteiger partial charge in [0.1, 0.15) is 5.76 Å². The van der Waals surface area contributed by atoms with Gasteiger partial charge in [0.15, 0.2) is 5.96 Å². The van der Waals surface area contributed by atoms with Crippen molar-refractivity contribution in [1.82, 2.24) is 20.4 Å². The molecule has 2 fully saturated rings. The van der Waals surface area contributed by atoms with Crippen LogP contribution in [0.2, 0.25) is 0 Å². The maximum Gasteiger partial charge on any atom is 0.191 e. The first-order valence-corrected chi connectivity index (χ1v) is 10.3. The predicted octanol–water partition coefficient (Wildman–Crippen LogP) is 1.69. The summed E-state index contributed by atoms with van der Waals surface area (Å²) in [5.74, 6) is 1.88.